The van der Waals surface area contributed by atoms with Crippen LogP contribution in [0.1, 0.15) is 6.42 Å². The van der Waals surface area contributed by atoms with E-state index in [4.69, 9.17) is 9.47 Å². The Morgan fingerprint density at radius 2 is 1.90 bits per heavy atom. The summed E-state index contributed by atoms with van der Waals surface area (Å²) in [4.78, 5) is 27.4. The third-order valence-electron chi connectivity index (χ3n) is 5.51. The number of benzene rings is 2. The normalized spacial score (nSPS) is 18.9. The monoisotopic (exact) mass is 412 g/mol. The second kappa shape index (κ2) is 8.58. The first-order valence-corrected chi connectivity index (χ1v) is 9.91. The van der Waals surface area contributed by atoms with Crippen molar-refractivity contribution in [3.63, 3.8) is 0 Å². The van der Waals surface area contributed by atoms with Crippen LogP contribution >= 0.6 is 0 Å². The Labute approximate surface area is 174 Å². The average Bonchev–Trinajstić information content (AvgIpc) is 2.77. The molecule has 1 amide bonds. The summed E-state index contributed by atoms with van der Waals surface area (Å²) < 4.78 is 11.0. The lowest BCUT2D eigenvalue weighted by molar-refractivity contribution is -0.384. The molecule has 0 saturated carbocycles. The van der Waals surface area contributed by atoms with Crippen LogP contribution in [0.15, 0.2) is 42.5 Å². The fourth-order valence-corrected chi connectivity index (χ4v) is 3.76. The highest BCUT2D eigenvalue weighted by Crippen LogP contribution is 2.33. The van der Waals surface area contributed by atoms with Gasteiger partial charge < -0.3 is 19.7 Å². The number of hydrogen-bond donors (Lipinski definition) is 1. The summed E-state index contributed by atoms with van der Waals surface area (Å²) in [5.41, 5.74) is 1.44. The maximum absolute atomic E-state index is 12.4. The second-order valence-corrected chi connectivity index (χ2v) is 7.35. The summed E-state index contributed by atoms with van der Waals surface area (Å²) in [5.74, 6) is 1.05. The Morgan fingerprint density at radius 1 is 1.17 bits per heavy atom. The predicted molar refractivity (Wildman–Crippen MR) is 112 cm³/mol. The molecule has 9 nitrogen and oxygen atoms in total. The molecule has 2 aliphatic heterocycles. The molecule has 0 aliphatic carbocycles. The zero-order chi connectivity index (χ0) is 21.1. The van der Waals surface area contributed by atoms with Gasteiger partial charge in [0.05, 0.1) is 17.7 Å². The van der Waals surface area contributed by atoms with Crippen molar-refractivity contribution in [1.82, 2.24) is 4.90 Å². The van der Waals surface area contributed by atoms with Crippen molar-refractivity contribution in [3.8, 4) is 11.5 Å². The minimum atomic E-state index is -0.599. The number of nitrogens with one attached hydrogen (secondary N) is 1. The summed E-state index contributed by atoms with van der Waals surface area (Å²) in [7, 11) is 1.66. The smallest absolute Gasteiger partial charge is 0.271 e. The van der Waals surface area contributed by atoms with E-state index in [1.165, 1.54) is 23.9 Å². The van der Waals surface area contributed by atoms with Gasteiger partial charge in [0.15, 0.2) is 6.10 Å². The Hall–Kier alpha value is -3.33. The van der Waals surface area contributed by atoms with Crippen LogP contribution in [0.5, 0.6) is 11.5 Å². The van der Waals surface area contributed by atoms with Gasteiger partial charge in [-0.3, -0.25) is 19.8 Å². The number of amides is 1. The number of hydrogen-bond acceptors (Lipinski definition) is 7. The van der Waals surface area contributed by atoms with Gasteiger partial charge in [0.25, 0.3) is 11.6 Å². The molecule has 0 radical (unpaired) electrons. The number of fused-ring (bicyclic) bond motifs is 1. The summed E-state index contributed by atoms with van der Waals surface area (Å²) in [5, 5.41) is 13.6. The molecule has 30 heavy (non-hydrogen) atoms. The standard InChI is InChI=1S/C21H24N4O5/c1-29-17-5-2-15(3-6-17)24-12-10-23(11-13-24)9-8-20-21(26)22-18-14-16(25(27)28)4-7-19(18)30-20/h2-7,14,20H,8-13H2,1H3,(H,22,26)/t20-/m0/s1. The quantitative estimate of drug-likeness (QED) is 0.575. The highest BCUT2D eigenvalue weighted by Gasteiger charge is 2.29. The number of nitro benzene ring substituents is 1. The Morgan fingerprint density at radius 3 is 2.57 bits per heavy atom. The zero-order valence-corrected chi connectivity index (χ0v) is 16.7. The van der Waals surface area contributed by atoms with Gasteiger partial charge in [0, 0.05) is 57.0 Å². The lowest BCUT2D eigenvalue weighted by Crippen LogP contribution is -2.48. The fourth-order valence-electron chi connectivity index (χ4n) is 3.76. The summed E-state index contributed by atoms with van der Waals surface area (Å²) in [6.45, 7) is 4.39. The van der Waals surface area contributed by atoms with Gasteiger partial charge in [-0.25, -0.2) is 0 Å². The number of nitro groups is 1. The van der Waals surface area contributed by atoms with E-state index in [1.54, 1.807) is 7.11 Å². The largest absolute Gasteiger partial charge is 0.497 e. The number of methoxy groups -OCH3 is 1. The number of piperazine rings is 1. The maximum Gasteiger partial charge on any atom is 0.271 e. The van der Waals surface area contributed by atoms with Crippen molar-refractivity contribution in [2.75, 3.05) is 50.1 Å². The number of rotatable bonds is 6. The molecule has 4 rings (SSSR count). The van der Waals surface area contributed by atoms with Crippen molar-refractivity contribution in [3.05, 3.63) is 52.6 Å². The minimum absolute atomic E-state index is 0.0779. The highest BCUT2D eigenvalue weighted by molar-refractivity contribution is 5.98. The van der Waals surface area contributed by atoms with Crippen LogP contribution in [0.25, 0.3) is 0 Å². The molecule has 2 heterocycles. The molecule has 0 spiro atoms. The Kier molecular flexibility index (Phi) is 5.71. The molecular formula is C21H24N4O5. The van der Waals surface area contributed by atoms with Crippen LogP contribution in [0.3, 0.4) is 0 Å². The summed E-state index contributed by atoms with van der Waals surface area (Å²) >= 11 is 0. The van der Waals surface area contributed by atoms with Crippen LogP contribution < -0.4 is 19.7 Å². The fraction of sp³-hybridized carbons (Fsp3) is 0.381. The number of ether oxygens (including phenoxy) is 2. The molecule has 1 atom stereocenters. The third-order valence-corrected chi connectivity index (χ3v) is 5.51. The molecule has 2 aliphatic rings. The van der Waals surface area contributed by atoms with Crippen molar-refractivity contribution >= 4 is 23.0 Å². The van der Waals surface area contributed by atoms with Crippen molar-refractivity contribution in [2.24, 2.45) is 0 Å². The molecule has 0 unspecified atom stereocenters. The molecule has 158 valence electrons. The molecule has 0 aromatic heterocycles. The lowest BCUT2D eigenvalue weighted by atomic mass is 10.1. The average molecular weight is 412 g/mol. The van der Waals surface area contributed by atoms with Crippen molar-refractivity contribution in [1.29, 1.82) is 0 Å². The topological polar surface area (TPSA) is 97.2 Å². The van der Waals surface area contributed by atoms with Crippen LogP contribution in [0.2, 0.25) is 0 Å². The van der Waals surface area contributed by atoms with E-state index in [-0.39, 0.29) is 11.6 Å². The van der Waals surface area contributed by atoms with E-state index in [0.717, 1.165) is 38.5 Å². The number of nitrogens with zero attached hydrogens (tertiary/aromatic N) is 3. The Balaban J connectivity index is 1.28. The van der Waals surface area contributed by atoms with Crippen LogP contribution in [-0.2, 0) is 4.79 Å². The molecule has 1 fully saturated rings. The molecule has 1 saturated heterocycles. The summed E-state index contributed by atoms with van der Waals surface area (Å²) in [6.07, 6.45) is -0.0382. The maximum atomic E-state index is 12.4. The molecule has 2 aromatic carbocycles. The van der Waals surface area contributed by atoms with Crippen LogP contribution in [-0.4, -0.2) is 61.7 Å². The first-order valence-electron chi connectivity index (χ1n) is 9.91. The molecular weight excluding hydrogens is 388 g/mol. The van der Waals surface area contributed by atoms with Gasteiger partial charge in [-0.1, -0.05) is 0 Å². The molecule has 1 N–H and O–H groups in total. The van der Waals surface area contributed by atoms with Gasteiger partial charge in [0.2, 0.25) is 0 Å². The van der Waals surface area contributed by atoms with Gasteiger partial charge >= 0.3 is 0 Å². The third kappa shape index (κ3) is 4.30. The van der Waals surface area contributed by atoms with Gasteiger partial charge in [-0.2, -0.15) is 0 Å². The van der Waals surface area contributed by atoms with E-state index in [0.29, 0.717) is 17.9 Å². The summed E-state index contributed by atoms with van der Waals surface area (Å²) in [6, 6.07) is 12.3. The number of carbonyl (C=O) groups excluding carboxylic acids is 1. The first-order chi connectivity index (χ1) is 14.5. The van der Waals surface area contributed by atoms with Crippen LogP contribution in [0, 0.1) is 10.1 Å². The van der Waals surface area contributed by atoms with E-state index in [1.807, 2.05) is 12.1 Å². The van der Waals surface area contributed by atoms with E-state index in [2.05, 4.69) is 27.2 Å². The second-order valence-electron chi connectivity index (χ2n) is 7.35. The SMILES string of the molecule is COc1ccc(N2CCN(CC[C@@H]3Oc4ccc([N+](=O)[O-])cc4NC3=O)CC2)cc1. The zero-order valence-electron chi connectivity index (χ0n) is 16.7. The number of carbonyl (C=O) groups is 1. The van der Waals surface area contributed by atoms with Gasteiger partial charge in [-0.15, -0.1) is 0 Å². The minimum Gasteiger partial charge on any atom is -0.497 e. The highest BCUT2D eigenvalue weighted by atomic mass is 16.6. The van der Waals surface area contributed by atoms with E-state index in [9.17, 15) is 14.9 Å². The van der Waals surface area contributed by atoms with Gasteiger partial charge in [-0.05, 0) is 30.3 Å². The lowest BCUT2D eigenvalue weighted by Gasteiger charge is -2.37. The van der Waals surface area contributed by atoms with Crippen molar-refractivity contribution in [2.45, 2.75) is 12.5 Å². The van der Waals surface area contributed by atoms with Crippen LogP contribution in [0.4, 0.5) is 17.1 Å². The molecule has 9 heteroatoms. The Bertz CT molecular complexity index is 925. The van der Waals surface area contributed by atoms with Gasteiger partial charge in [0.1, 0.15) is 11.5 Å². The first kappa shape index (κ1) is 20.0. The van der Waals surface area contributed by atoms with Crippen molar-refractivity contribution < 1.29 is 19.2 Å². The number of anilines is 2. The molecule has 2 aromatic rings. The predicted octanol–water partition coefficient (Wildman–Crippen LogP) is 2.52. The molecule has 0 bridgehead atoms. The van der Waals surface area contributed by atoms with E-state index < -0.39 is 11.0 Å². The van der Waals surface area contributed by atoms with E-state index >= 15 is 0 Å². The number of non-ortho nitro benzene ring substituents is 1.